The molecule has 0 aliphatic carbocycles. The van der Waals surface area contributed by atoms with Crippen LogP contribution in [0.15, 0.2) is 29.2 Å². The molecule has 1 aromatic carbocycles. The lowest BCUT2D eigenvalue weighted by Crippen LogP contribution is -2.19. The number of hydrogen-bond donors (Lipinski definition) is 3. The van der Waals surface area contributed by atoms with Crippen molar-refractivity contribution >= 4 is 24.3 Å². The predicted octanol–water partition coefficient (Wildman–Crippen LogP) is 1.47. The van der Waals surface area contributed by atoms with E-state index in [2.05, 4.69) is 17.9 Å². The lowest BCUT2D eigenvalue weighted by molar-refractivity contribution is 0.259. The van der Waals surface area contributed by atoms with E-state index in [0.717, 1.165) is 4.90 Å². The zero-order chi connectivity index (χ0) is 8.27. The van der Waals surface area contributed by atoms with Crippen LogP contribution < -0.4 is 11.1 Å². The molecule has 3 N–H and O–H groups in total. The predicted molar refractivity (Wildman–Crippen MR) is 46.9 cm³/mol. The van der Waals surface area contributed by atoms with Gasteiger partial charge in [0.25, 0.3) is 0 Å². The van der Waals surface area contributed by atoms with E-state index in [1.807, 2.05) is 6.07 Å². The number of primary amides is 1. The van der Waals surface area contributed by atoms with Crippen molar-refractivity contribution in [1.82, 2.24) is 0 Å². The van der Waals surface area contributed by atoms with E-state index < -0.39 is 6.03 Å². The van der Waals surface area contributed by atoms with Gasteiger partial charge in [-0.3, -0.25) is 0 Å². The number of carbonyl (C=O) groups is 1. The summed E-state index contributed by atoms with van der Waals surface area (Å²) >= 11 is 4.08. The first-order valence-corrected chi connectivity index (χ1v) is 3.48. The molecule has 0 unspecified atom stereocenters. The third-order valence-corrected chi connectivity index (χ3v) is 1.39. The van der Waals surface area contributed by atoms with E-state index in [1.165, 1.54) is 0 Å². The van der Waals surface area contributed by atoms with Crippen molar-refractivity contribution < 1.29 is 4.79 Å². The molecule has 0 fully saturated rings. The summed E-state index contributed by atoms with van der Waals surface area (Å²) in [5, 5.41) is 2.44. The normalized spacial score (nSPS) is 9.18. The van der Waals surface area contributed by atoms with E-state index in [-0.39, 0.29) is 0 Å². The van der Waals surface area contributed by atoms with E-state index in [0.29, 0.717) is 5.69 Å². The van der Waals surface area contributed by atoms with Gasteiger partial charge >= 0.3 is 6.03 Å². The van der Waals surface area contributed by atoms with E-state index in [1.54, 1.807) is 18.2 Å². The summed E-state index contributed by atoms with van der Waals surface area (Å²) in [6.07, 6.45) is 0. The molecule has 0 heterocycles. The van der Waals surface area contributed by atoms with Crippen molar-refractivity contribution in [3.05, 3.63) is 24.3 Å². The van der Waals surface area contributed by atoms with Gasteiger partial charge in [-0.2, -0.15) is 0 Å². The molecule has 0 saturated carbocycles. The Kier molecular flexibility index (Phi) is 2.38. The SMILES string of the molecule is NC(=O)Nc1cccc(S)c1. The number of thiol groups is 1. The molecule has 0 saturated heterocycles. The molecular formula is C7H8N2OS. The molecule has 2 amide bonds. The largest absolute Gasteiger partial charge is 0.351 e. The van der Waals surface area contributed by atoms with Crippen LogP contribution in [0.4, 0.5) is 10.5 Å². The Labute approximate surface area is 70.0 Å². The number of nitrogens with one attached hydrogen (secondary N) is 1. The van der Waals surface area contributed by atoms with Crippen LogP contribution in [0.3, 0.4) is 0 Å². The molecule has 0 aliphatic heterocycles. The average Bonchev–Trinajstić information content (AvgIpc) is 1.85. The third kappa shape index (κ3) is 2.51. The second-order valence-electron chi connectivity index (χ2n) is 2.04. The minimum Gasteiger partial charge on any atom is -0.351 e. The second-order valence-corrected chi connectivity index (χ2v) is 2.56. The molecule has 0 aliphatic rings. The summed E-state index contributed by atoms with van der Waals surface area (Å²) < 4.78 is 0. The minimum atomic E-state index is -0.566. The van der Waals surface area contributed by atoms with Crippen molar-refractivity contribution in [2.24, 2.45) is 5.73 Å². The van der Waals surface area contributed by atoms with E-state index in [4.69, 9.17) is 5.73 Å². The maximum absolute atomic E-state index is 10.4. The van der Waals surface area contributed by atoms with Gasteiger partial charge in [-0.15, -0.1) is 12.6 Å². The molecule has 0 atom stereocenters. The Hall–Kier alpha value is -1.16. The van der Waals surface area contributed by atoms with Gasteiger partial charge in [0.15, 0.2) is 0 Å². The average molecular weight is 168 g/mol. The Morgan fingerprint density at radius 1 is 1.55 bits per heavy atom. The molecule has 11 heavy (non-hydrogen) atoms. The maximum atomic E-state index is 10.4. The molecule has 1 aromatic rings. The Morgan fingerprint density at radius 2 is 2.27 bits per heavy atom. The van der Waals surface area contributed by atoms with Crippen molar-refractivity contribution in [3.63, 3.8) is 0 Å². The minimum absolute atomic E-state index is 0.566. The Balaban J connectivity index is 2.79. The smallest absolute Gasteiger partial charge is 0.316 e. The summed E-state index contributed by atoms with van der Waals surface area (Å²) in [5.41, 5.74) is 5.56. The molecule has 58 valence electrons. The summed E-state index contributed by atoms with van der Waals surface area (Å²) in [6.45, 7) is 0. The fourth-order valence-electron chi connectivity index (χ4n) is 0.726. The van der Waals surface area contributed by atoms with Gasteiger partial charge in [0.05, 0.1) is 0 Å². The number of urea groups is 1. The highest BCUT2D eigenvalue weighted by Gasteiger charge is 1.94. The van der Waals surface area contributed by atoms with Crippen LogP contribution in [0, 0.1) is 0 Å². The standard InChI is InChI=1S/C7H8N2OS/c8-7(10)9-5-2-1-3-6(11)4-5/h1-4,11H,(H3,8,9,10). The zero-order valence-corrected chi connectivity index (χ0v) is 6.64. The van der Waals surface area contributed by atoms with Crippen LogP contribution in [0.2, 0.25) is 0 Å². The van der Waals surface area contributed by atoms with Crippen LogP contribution >= 0.6 is 12.6 Å². The molecule has 0 spiro atoms. The topological polar surface area (TPSA) is 55.1 Å². The monoisotopic (exact) mass is 168 g/mol. The number of carbonyl (C=O) groups excluding carboxylic acids is 1. The molecule has 0 aromatic heterocycles. The summed E-state index contributed by atoms with van der Waals surface area (Å²) in [5.74, 6) is 0. The fraction of sp³-hybridized carbons (Fsp3) is 0. The number of hydrogen-bond acceptors (Lipinski definition) is 2. The lowest BCUT2D eigenvalue weighted by Gasteiger charge is -2.00. The highest BCUT2D eigenvalue weighted by Crippen LogP contribution is 2.12. The molecule has 3 nitrogen and oxygen atoms in total. The number of anilines is 1. The number of rotatable bonds is 1. The van der Waals surface area contributed by atoms with Gasteiger partial charge < -0.3 is 11.1 Å². The fourth-order valence-corrected chi connectivity index (χ4v) is 0.951. The van der Waals surface area contributed by atoms with Crippen molar-refractivity contribution in [1.29, 1.82) is 0 Å². The van der Waals surface area contributed by atoms with E-state index >= 15 is 0 Å². The van der Waals surface area contributed by atoms with Gasteiger partial charge in [0, 0.05) is 10.6 Å². The molecule has 0 radical (unpaired) electrons. The van der Waals surface area contributed by atoms with Gasteiger partial charge in [-0.1, -0.05) is 6.07 Å². The van der Waals surface area contributed by atoms with Crippen molar-refractivity contribution in [3.8, 4) is 0 Å². The first-order chi connectivity index (χ1) is 5.18. The first-order valence-electron chi connectivity index (χ1n) is 3.04. The molecule has 1 rings (SSSR count). The molecule has 4 heteroatoms. The van der Waals surface area contributed by atoms with Gasteiger partial charge in [0.2, 0.25) is 0 Å². The second kappa shape index (κ2) is 3.30. The molecule has 0 bridgehead atoms. The van der Waals surface area contributed by atoms with Crippen LogP contribution in [0.25, 0.3) is 0 Å². The number of nitrogens with two attached hydrogens (primary N) is 1. The van der Waals surface area contributed by atoms with Crippen LogP contribution in [-0.2, 0) is 0 Å². The maximum Gasteiger partial charge on any atom is 0.316 e. The Bertz CT molecular complexity index is 275. The van der Waals surface area contributed by atoms with Crippen LogP contribution in [-0.4, -0.2) is 6.03 Å². The highest BCUT2D eigenvalue weighted by atomic mass is 32.1. The van der Waals surface area contributed by atoms with Crippen molar-refractivity contribution in [2.75, 3.05) is 5.32 Å². The van der Waals surface area contributed by atoms with Crippen LogP contribution in [0.5, 0.6) is 0 Å². The first kappa shape index (κ1) is 7.94. The summed E-state index contributed by atoms with van der Waals surface area (Å²) in [7, 11) is 0. The van der Waals surface area contributed by atoms with Gasteiger partial charge in [0.1, 0.15) is 0 Å². The van der Waals surface area contributed by atoms with Gasteiger partial charge in [-0.25, -0.2) is 4.79 Å². The van der Waals surface area contributed by atoms with Crippen molar-refractivity contribution in [2.45, 2.75) is 4.90 Å². The van der Waals surface area contributed by atoms with Crippen LogP contribution in [0.1, 0.15) is 0 Å². The highest BCUT2D eigenvalue weighted by molar-refractivity contribution is 7.80. The zero-order valence-electron chi connectivity index (χ0n) is 5.74. The number of benzene rings is 1. The Morgan fingerprint density at radius 3 is 2.82 bits per heavy atom. The summed E-state index contributed by atoms with van der Waals surface area (Å²) in [4.78, 5) is 11.2. The summed E-state index contributed by atoms with van der Waals surface area (Å²) in [6, 6.07) is 6.49. The lowest BCUT2D eigenvalue weighted by atomic mass is 10.3. The van der Waals surface area contributed by atoms with Gasteiger partial charge in [-0.05, 0) is 18.2 Å². The molecular weight excluding hydrogens is 160 g/mol. The van der Waals surface area contributed by atoms with E-state index in [9.17, 15) is 4.79 Å². The quantitative estimate of drug-likeness (QED) is 0.546. The third-order valence-electron chi connectivity index (χ3n) is 1.11. The number of amides is 2.